The number of aryl methyl sites for hydroxylation is 1. The third kappa shape index (κ3) is 6.34. The molecule has 0 bridgehead atoms. The molecule has 27 heavy (non-hydrogen) atoms. The Hall–Kier alpha value is -1.35. The number of hydrogen-bond donors (Lipinski definition) is 3. The quantitative estimate of drug-likeness (QED) is 0.562. The van der Waals surface area contributed by atoms with Crippen molar-refractivity contribution < 1.29 is 18.3 Å². The summed E-state index contributed by atoms with van der Waals surface area (Å²) in [6.07, 6.45) is 0.463. The predicted octanol–water partition coefficient (Wildman–Crippen LogP) is 3.64. The minimum Gasteiger partial charge on any atom is -0.394 e. The Kier molecular flexibility index (Phi) is 7.91. The van der Waals surface area contributed by atoms with Crippen LogP contribution in [-0.2, 0) is 14.8 Å². The van der Waals surface area contributed by atoms with E-state index in [1.54, 1.807) is 6.07 Å². The lowest BCUT2D eigenvalue weighted by atomic mass is 10.1. The van der Waals surface area contributed by atoms with E-state index in [1.165, 1.54) is 0 Å². The number of sulfonamides is 1. The van der Waals surface area contributed by atoms with Gasteiger partial charge in [0.15, 0.2) is 0 Å². The maximum absolute atomic E-state index is 11.5. The Bertz CT molecular complexity index is 891. The van der Waals surface area contributed by atoms with Crippen LogP contribution >= 0.6 is 23.2 Å². The van der Waals surface area contributed by atoms with Crippen molar-refractivity contribution in [2.75, 3.05) is 31.3 Å². The number of hydrogen-bond acceptors (Lipinski definition) is 5. The lowest BCUT2D eigenvalue weighted by molar-refractivity contribution is 0.0313. The van der Waals surface area contributed by atoms with Crippen LogP contribution in [0.5, 0.6) is 0 Å². The van der Waals surface area contributed by atoms with Gasteiger partial charge in [0.2, 0.25) is 10.0 Å². The van der Waals surface area contributed by atoms with E-state index >= 15 is 0 Å². The zero-order chi connectivity index (χ0) is 20.0. The first-order chi connectivity index (χ1) is 12.7. The molecule has 1 unspecified atom stereocenters. The molecule has 0 saturated carbocycles. The van der Waals surface area contributed by atoms with Gasteiger partial charge in [-0.2, -0.15) is 0 Å². The van der Waals surface area contributed by atoms with Crippen molar-refractivity contribution in [3.05, 3.63) is 57.6 Å². The standard InChI is InChI=1S/C18H22Cl2N2O4S/c1-12-7-8-14(19)18(17(12)20)22-15-6-4-3-5-13(15)16(26-10-9-23)11-21-27(2,24)25/h3-8,16,21-23H,9-11H2,1-2H3. The Morgan fingerprint density at radius 2 is 1.89 bits per heavy atom. The SMILES string of the molecule is Cc1ccc(Cl)c(Nc2ccccc2C(CNS(C)(=O)=O)OCCO)c1Cl. The van der Waals surface area contributed by atoms with Gasteiger partial charge in [-0.3, -0.25) is 0 Å². The summed E-state index contributed by atoms with van der Waals surface area (Å²) >= 11 is 12.7. The molecule has 3 N–H and O–H groups in total. The highest BCUT2D eigenvalue weighted by molar-refractivity contribution is 7.88. The predicted molar refractivity (Wildman–Crippen MR) is 110 cm³/mol. The Balaban J connectivity index is 2.38. The molecule has 6 nitrogen and oxygen atoms in total. The van der Waals surface area contributed by atoms with Crippen molar-refractivity contribution >= 4 is 44.6 Å². The molecular weight excluding hydrogens is 411 g/mol. The van der Waals surface area contributed by atoms with E-state index in [-0.39, 0.29) is 19.8 Å². The van der Waals surface area contributed by atoms with Gasteiger partial charge in [0, 0.05) is 17.8 Å². The van der Waals surface area contributed by atoms with E-state index < -0.39 is 16.1 Å². The lowest BCUT2D eigenvalue weighted by Crippen LogP contribution is -2.29. The summed E-state index contributed by atoms with van der Waals surface area (Å²) in [5.41, 5.74) is 2.80. The molecule has 9 heteroatoms. The van der Waals surface area contributed by atoms with E-state index in [1.807, 2.05) is 37.3 Å². The summed E-state index contributed by atoms with van der Waals surface area (Å²) in [6, 6.07) is 10.8. The largest absolute Gasteiger partial charge is 0.394 e. The van der Waals surface area contributed by atoms with Crippen LogP contribution in [0.3, 0.4) is 0 Å². The maximum Gasteiger partial charge on any atom is 0.208 e. The van der Waals surface area contributed by atoms with Crippen molar-refractivity contribution in [2.24, 2.45) is 0 Å². The fraction of sp³-hybridized carbons (Fsp3) is 0.333. The molecule has 148 valence electrons. The summed E-state index contributed by atoms with van der Waals surface area (Å²) in [7, 11) is -3.40. The molecule has 0 heterocycles. The van der Waals surface area contributed by atoms with Gasteiger partial charge >= 0.3 is 0 Å². The minimum atomic E-state index is -3.40. The third-order valence-electron chi connectivity index (χ3n) is 3.79. The second kappa shape index (κ2) is 9.73. The molecule has 0 amide bonds. The van der Waals surface area contributed by atoms with Crippen LogP contribution in [0.4, 0.5) is 11.4 Å². The fourth-order valence-corrected chi connectivity index (χ4v) is 3.40. The summed E-state index contributed by atoms with van der Waals surface area (Å²) in [6.45, 7) is 1.78. The smallest absolute Gasteiger partial charge is 0.208 e. The van der Waals surface area contributed by atoms with Crippen LogP contribution in [0, 0.1) is 6.92 Å². The van der Waals surface area contributed by atoms with Crippen LogP contribution in [0.15, 0.2) is 36.4 Å². The highest BCUT2D eigenvalue weighted by atomic mass is 35.5. The molecule has 2 rings (SSSR count). The lowest BCUT2D eigenvalue weighted by Gasteiger charge is -2.22. The minimum absolute atomic E-state index is 0.0206. The van der Waals surface area contributed by atoms with E-state index in [9.17, 15) is 8.42 Å². The molecule has 2 aromatic rings. The molecule has 2 aromatic carbocycles. The number of aliphatic hydroxyl groups excluding tert-OH is 1. The van der Waals surface area contributed by atoms with Gasteiger partial charge in [-0.15, -0.1) is 0 Å². The Morgan fingerprint density at radius 1 is 1.19 bits per heavy atom. The van der Waals surface area contributed by atoms with Crippen LogP contribution in [-0.4, -0.2) is 39.5 Å². The molecule has 0 saturated heterocycles. The summed E-state index contributed by atoms with van der Waals surface area (Å²) in [5, 5.41) is 13.3. The van der Waals surface area contributed by atoms with Gasteiger partial charge in [0.25, 0.3) is 0 Å². The Morgan fingerprint density at radius 3 is 2.56 bits per heavy atom. The van der Waals surface area contributed by atoms with Gasteiger partial charge in [-0.1, -0.05) is 47.5 Å². The van der Waals surface area contributed by atoms with E-state index in [0.29, 0.717) is 27.0 Å². The average Bonchev–Trinajstić information content (AvgIpc) is 2.62. The normalized spacial score (nSPS) is 12.8. The molecule has 0 spiro atoms. The molecule has 0 aliphatic heterocycles. The Labute approximate surface area is 169 Å². The molecule has 1 atom stereocenters. The van der Waals surface area contributed by atoms with E-state index in [2.05, 4.69) is 10.0 Å². The number of para-hydroxylation sites is 1. The van der Waals surface area contributed by atoms with Crippen LogP contribution in [0.25, 0.3) is 0 Å². The fourth-order valence-electron chi connectivity index (χ4n) is 2.48. The summed E-state index contributed by atoms with van der Waals surface area (Å²) in [5.74, 6) is 0. The first-order valence-corrected chi connectivity index (χ1v) is 10.9. The van der Waals surface area contributed by atoms with Crippen molar-refractivity contribution in [3.8, 4) is 0 Å². The first kappa shape index (κ1) is 21.9. The highest BCUT2D eigenvalue weighted by Crippen LogP contribution is 2.37. The second-order valence-electron chi connectivity index (χ2n) is 5.97. The first-order valence-electron chi connectivity index (χ1n) is 8.20. The van der Waals surface area contributed by atoms with E-state index in [4.69, 9.17) is 33.0 Å². The zero-order valence-corrected chi connectivity index (χ0v) is 17.3. The van der Waals surface area contributed by atoms with Gasteiger partial charge in [0.1, 0.15) is 0 Å². The maximum atomic E-state index is 11.5. The second-order valence-corrected chi connectivity index (χ2v) is 8.59. The molecule has 0 radical (unpaired) electrons. The number of nitrogens with one attached hydrogen (secondary N) is 2. The third-order valence-corrected chi connectivity index (χ3v) is 5.29. The number of rotatable bonds is 9. The van der Waals surface area contributed by atoms with Crippen molar-refractivity contribution in [3.63, 3.8) is 0 Å². The van der Waals surface area contributed by atoms with Crippen molar-refractivity contribution in [1.29, 1.82) is 0 Å². The zero-order valence-electron chi connectivity index (χ0n) is 15.0. The van der Waals surface area contributed by atoms with Crippen LogP contribution in [0.1, 0.15) is 17.2 Å². The van der Waals surface area contributed by atoms with Crippen LogP contribution in [0.2, 0.25) is 10.0 Å². The number of halogens is 2. The van der Waals surface area contributed by atoms with Gasteiger partial charge in [0.05, 0.1) is 41.3 Å². The number of ether oxygens (including phenoxy) is 1. The summed E-state index contributed by atoms with van der Waals surface area (Å²) in [4.78, 5) is 0. The highest BCUT2D eigenvalue weighted by Gasteiger charge is 2.19. The number of benzene rings is 2. The average molecular weight is 433 g/mol. The van der Waals surface area contributed by atoms with Crippen molar-refractivity contribution in [1.82, 2.24) is 4.72 Å². The topological polar surface area (TPSA) is 87.7 Å². The van der Waals surface area contributed by atoms with Gasteiger partial charge in [-0.05, 0) is 24.6 Å². The molecule has 0 aliphatic carbocycles. The summed E-state index contributed by atoms with van der Waals surface area (Å²) < 4.78 is 31.0. The van der Waals surface area contributed by atoms with Gasteiger partial charge < -0.3 is 15.2 Å². The molecular formula is C18H22Cl2N2O4S. The number of aliphatic hydroxyl groups is 1. The molecule has 0 aromatic heterocycles. The molecule has 0 fully saturated rings. The van der Waals surface area contributed by atoms with E-state index in [0.717, 1.165) is 11.8 Å². The van der Waals surface area contributed by atoms with Crippen molar-refractivity contribution in [2.45, 2.75) is 13.0 Å². The van der Waals surface area contributed by atoms with Crippen LogP contribution < -0.4 is 10.0 Å². The number of anilines is 2. The van der Waals surface area contributed by atoms with Gasteiger partial charge in [-0.25, -0.2) is 13.1 Å². The monoisotopic (exact) mass is 432 g/mol. The molecule has 0 aliphatic rings.